The molecular formula is C14H27N5. The lowest BCUT2D eigenvalue weighted by molar-refractivity contribution is 0.0846. The molecule has 1 aliphatic rings. The van der Waals surface area contributed by atoms with Gasteiger partial charge < -0.3 is 14.8 Å². The lowest BCUT2D eigenvalue weighted by atomic mass is 10.0. The van der Waals surface area contributed by atoms with Gasteiger partial charge >= 0.3 is 0 Å². The molecule has 108 valence electrons. The average Bonchev–Trinajstić information content (AvgIpc) is 2.80. The van der Waals surface area contributed by atoms with Gasteiger partial charge in [-0.15, -0.1) is 0 Å². The predicted molar refractivity (Wildman–Crippen MR) is 78.2 cm³/mol. The van der Waals surface area contributed by atoms with Crippen LogP contribution in [-0.2, 0) is 7.05 Å². The summed E-state index contributed by atoms with van der Waals surface area (Å²) in [5.74, 6) is 1.14. The minimum Gasteiger partial charge on any atom is -0.337 e. The van der Waals surface area contributed by atoms with Crippen LogP contribution in [0.5, 0.6) is 0 Å². The van der Waals surface area contributed by atoms with E-state index in [2.05, 4.69) is 52.7 Å². The fourth-order valence-corrected chi connectivity index (χ4v) is 2.78. The van der Waals surface area contributed by atoms with E-state index in [9.17, 15) is 0 Å². The van der Waals surface area contributed by atoms with Gasteiger partial charge in [-0.2, -0.15) is 0 Å². The molecule has 0 bridgehead atoms. The molecule has 2 unspecified atom stereocenters. The van der Waals surface area contributed by atoms with E-state index in [1.807, 2.05) is 12.4 Å². The molecule has 0 radical (unpaired) electrons. The highest BCUT2D eigenvalue weighted by Gasteiger charge is 2.32. The van der Waals surface area contributed by atoms with Crippen LogP contribution in [0.1, 0.15) is 25.2 Å². The van der Waals surface area contributed by atoms with Gasteiger partial charge in [0.1, 0.15) is 5.82 Å². The second-order valence-corrected chi connectivity index (χ2v) is 5.64. The van der Waals surface area contributed by atoms with Crippen LogP contribution in [0.2, 0.25) is 0 Å². The maximum Gasteiger partial charge on any atom is 0.127 e. The Morgan fingerprint density at radius 1 is 1.37 bits per heavy atom. The molecule has 1 aliphatic heterocycles. The van der Waals surface area contributed by atoms with E-state index >= 15 is 0 Å². The molecule has 0 spiro atoms. The Morgan fingerprint density at radius 2 is 2.16 bits per heavy atom. The van der Waals surface area contributed by atoms with E-state index in [0.29, 0.717) is 12.1 Å². The zero-order valence-electron chi connectivity index (χ0n) is 12.6. The van der Waals surface area contributed by atoms with E-state index < -0.39 is 0 Å². The third kappa shape index (κ3) is 3.35. The minimum atomic E-state index is 0.299. The lowest BCUT2D eigenvalue weighted by Gasteiger charge is -2.41. The van der Waals surface area contributed by atoms with Crippen LogP contribution in [0.15, 0.2) is 12.4 Å². The molecule has 1 aromatic rings. The first-order valence-electron chi connectivity index (χ1n) is 7.23. The number of piperazine rings is 1. The zero-order valence-corrected chi connectivity index (χ0v) is 12.6. The van der Waals surface area contributed by atoms with Crippen LogP contribution in [0.25, 0.3) is 0 Å². The molecule has 2 heterocycles. The fraction of sp³-hybridized carbons (Fsp3) is 0.786. The SMILES string of the molecule is CCCNC(c1nccn1C)C1CN(C)CCN1C. The van der Waals surface area contributed by atoms with Crippen LogP contribution in [0, 0.1) is 0 Å². The zero-order chi connectivity index (χ0) is 13.8. The van der Waals surface area contributed by atoms with Crippen LogP contribution >= 0.6 is 0 Å². The summed E-state index contributed by atoms with van der Waals surface area (Å²) in [4.78, 5) is 9.43. The number of imidazole rings is 1. The van der Waals surface area contributed by atoms with Crippen LogP contribution < -0.4 is 5.32 Å². The normalized spacial score (nSPS) is 23.7. The highest BCUT2D eigenvalue weighted by molar-refractivity contribution is 5.05. The van der Waals surface area contributed by atoms with Crippen molar-refractivity contribution in [1.29, 1.82) is 0 Å². The van der Waals surface area contributed by atoms with Crippen molar-refractivity contribution in [3.05, 3.63) is 18.2 Å². The minimum absolute atomic E-state index is 0.299. The van der Waals surface area contributed by atoms with Crippen LogP contribution in [0.3, 0.4) is 0 Å². The average molecular weight is 265 g/mol. The van der Waals surface area contributed by atoms with Gasteiger partial charge in [0.15, 0.2) is 0 Å². The van der Waals surface area contributed by atoms with Crippen molar-refractivity contribution in [1.82, 2.24) is 24.7 Å². The highest BCUT2D eigenvalue weighted by atomic mass is 15.3. The summed E-state index contributed by atoms with van der Waals surface area (Å²) in [5.41, 5.74) is 0. The van der Waals surface area contributed by atoms with E-state index in [-0.39, 0.29) is 0 Å². The molecule has 5 heteroatoms. The monoisotopic (exact) mass is 265 g/mol. The molecule has 2 rings (SSSR count). The van der Waals surface area contributed by atoms with Crippen molar-refractivity contribution in [3.63, 3.8) is 0 Å². The smallest absolute Gasteiger partial charge is 0.127 e. The van der Waals surface area contributed by atoms with Crippen molar-refractivity contribution in [2.75, 3.05) is 40.3 Å². The van der Waals surface area contributed by atoms with Gasteiger partial charge in [-0.1, -0.05) is 6.92 Å². The second kappa shape index (κ2) is 6.50. The second-order valence-electron chi connectivity index (χ2n) is 5.64. The summed E-state index contributed by atoms with van der Waals surface area (Å²) < 4.78 is 2.13. The van der Waals surface area contributed by atoms with Gasteiger partial charge in [0.2, 0.25) is 0 Å². The summed E-state index contributed by atoms with van der Waals surface area (Å²) in [6.45, 7) is 6.60. The summed E-state index contributed by atoms with van der Waals surface area (Å²) in [6.07, 6.45) is 5.07. The summed E-state index contributed by atoms with van der Waals surface area (Å²) in [5, 5.41) is 3.68. The maximum atomic E-state index is 4.56. The molecule has 0 saturated carbocycles. The Labute approximate surface area is 116 Å². The first kappa shape index (κ1) is 14.5. The summed E-state index contributed by atoms with van der Waals surface area (Å²) in [6, 6.07) is 0.777. The molecule has 1 fully saturated rings. The highest BCUT2D eigenvalue weighted by Crippen LogP contribution is 2.22. The Kier molecular flexibility index (Phi) is 4.96. The Balaban J connectivity index is 2.19. The molecule has 1 saturated heterocycles. The molecule has 2 atom stereocenters. The third-order valence-corrected chi connectivity index (χ3v) is 4.03. The fourth-order valence-electron chi connectivity index (χ4n) is 2.78. The molecule has 5 nitrogen and oxygen atoms in total. The van der Waals surface area contributed by atoms with E-state index in [1.165, 1.54) is 0 Å². The van der Waals surface area contributed by atoms with Crippen LogP contribution in [-0.4, -0.2) is 65.7 Å². The van der Waals surface area contributed by atoms with Gasteiger partial charge in [-0.25, -0.2) is 4.98 Å². The van der Waals surface area contributed by atoms with E-state index in [4.69, 9.17) is 0 Å². The molecule has 1 N–H and O–H groups in total. The predicted octanol–water partition coefficient (Wildman–Crippen LogP) is 0.707. The number of nitrogens with one attached hydrogen (secondary N) is 1. The molecule has 0 aliphatic carbocycles. The standard InChI is InChI=1S/C14H27N5/c1-5-6-15-13(14-16-7-8-19(14)4)12-11-17(2)9-10-18(12)3/h7-8,12-13,15H,5-6,9-11H2,1-4H3. The summed E-state index contributed by atoms with van der Waals surface area (Å²) >= 11 is 0. The Bertz CT molecular complexity index is 389. The molecule has 19 heavy (non-hydrogen) atoms. The quantitative estimate of drug-likeness (QED) is 0.850. The molecule has 0 amide bonds. The van der Waals surface area contributed by atoms with Crippen molar-refractivity contribution in [2.45, 2.75) is 25.4 Å². The number of rotatable bonds is 5. The van der Waals surface area contributed by atoms with Crippen molar-refractivity contribution >= 4 is 0 Å². The van der Waals surface area contributed by atoms with E-state index in [0.717, 1.165) is 38.4 Å². The maximum absolute atomic E-state index is 4.56. The molecule has 0 aromatic carbocycles. The van der Waals surface area contributed by atoms with Gasteiger partial charge in [-0.05, 0) is 27.1 Å². The number of likely N-dealkylation sites (N-methyl/N-ethyl adjacent to an activating group) is 2. The largest absolute Gasteiger partial charge is 0.337 e. The molecular weight excluding hydrogens is 238 g/mol. The van der Waals surface area contributed by atoms with Gasteiger partial charge in [0.25, 0.3) is 0 Å². The Morgan fingerprint density at radius 3 is 2.79 bits per heavy atom. The van der Waals surface area contributed by atoms with Gasteiger partial charge in [0, 0.05) is 45.1 Å². The number of aryl methyl sites for hydroxylation is 1. The number of nitrogens with zero attached hydrogens (tertiary/aromatic N) is 4. The van der Waals surface area contributed by atoms with Gasteiger partial charge in [-0.3, -0.25) is 4.90 Å². The summed E-state index contributed by atoms with van der Waals surface area (Å²) in [7, 11) is 6.51. The first-order chi connectivity index (χ1) is 9.13. The van der Waals surface area contributed by atoms with Crippen molar-refractivity contribution in [2.24, 2.45) is 7.05 Å². The van der Waals surface area contributed by atoms with Crippen molar-refractivity contribution in [3.8, 4) is 0 Å². The van der Waals surface area contributed by atoms with Gasteiger partial charge in [0.05, 0.1) is 6.04 Å². The number of aromatic nitrogens is 2. The Hall–Kier alpha value is -0.910. The topological polar surface area (TPSA) is 36.3 Å². The van der Waals surface area contributed by atoms with Crippen LogP contribution in [0.4, 0.5) is 0 Å². The third-order valence-electron chi connectivity index (χ3n) is 4.03. The molecule has 1 aromatic heterocycles. The number of hydrogen-bond acceptors (Lipinski definition) is 4. The number of hydrogen-bond donors (Lipinski definition) is 1. The van der Waals surface area contributed by atoms with Crippen molar-refractivity contribution < 1.29 is 0 Å². The lowest BCUT2D eigenvalue weighted by Crippen LogP contribution is -2.55. The first-order valence-corrected chi connectivity index (χ1v) is 7.23. The van der Waals surface area contributed by atoms with E-state index in [1.54, 1.807) is 0 Å².